The minimum atomic E-state index is -0.0277. The molecule has 1 unspecified atom stereocenters. The molecule has 0 saturated heterocycles. The van der Waals surface area contributed by atoms with Crippen LogP contribution in [-0.4, -0.2) is 23.3 Å². The molecule has 2 aliphatic rings. The lowest BCUT2D eigenvalue weighted by atomic mass is 9.76. The fourth-order valence-electron chi connectivity index (χ4n) is 3.42. The number of hydrogen-bond donors (Lipinski definition) is 2. The van der Waals surface area contributed by atoms with E-state index in [0.29, 0.717) is 12.6 Å². The predicted molar refractivity (Wildman–Crippen MR) is 72.1 cm³/mol. The van der Waals surface area contributed by atoms with Crippen LogP contribution in [0.25, 0.3) is 0 Å². The zero-order valence-corrected chi connectivity index (χ0v) is 11.4. The second kappa shape index (κ2) is 6.19. The average molecular weight is 239 g/mol. The highest BCUT2D eigenvalue weighted by Crippen LogP contribution is 2.34. The van der Waals surface area contributed by atoms with E-state index in [1.807, 2.05) is 0 Å². The molecule has 0 heterocycles. The molecule has 0 radical (unpaired) electrons. The highest BCUT2D eigenvalue weighted by Gasteiger charge is 2.32. The van der Waals surface area contributed by atoms with Gasteiger partial charge in [-0.05, 0) is 32.1 Å². The Hall–Kier alpha value is -0.0800. The molecule has 0 aromatic carbocycles. The van der Waals surface area contributed by atoms with Crippen LogP contribution in [0.1, 0.15) is 71.1 Å². The monoisotopic (exact) mass is 239 g/mol. The highest BCUT2D eigenvalue weighted by molar-refractivity contribution is 4.90. The van der Waals surface area contributed by atoms with Gasteiger partial charge in [-0.25, -0.2) is 0 Å². The first-order chi connectivity index (χ1) is 8.22. The topological polar surface area (TPSA) is 32.3 Å². The van der Waals surface area contributed by atoms with Crippen molar-refractivity contribution in [2.24, 2.45) is 5.92 Å². The van der Waals surface area contributed by atoms with E-state index < -0.39 is 0 Å². The van der Waals surface area contributed by atoms with Gasteiger partial charge in [-0.15, -0.1) is 0 Å². The maximum absolute atomic E-state index is 9.69. The lowest BCUT2D eigenvalue weighted by molar-refractivity contribution is 0.111. The van der Waals surface area contributed by atoms with Crippen molar-refractivity contribution < 1.29 is 5.11 Å². The van der Waals surface area contributed by atoms with Gasteiger partial charge in [0.1, 0.15) is 0 Å². The predicted octanol–water partition coefficient (Wildman–Crippen LogP) is 3.24. The summed E-state index contributed by atoms with van der Waals surface area (Å²) in [4.78, 5) is 0. The Balaban J connectivity index is 1.82. The van der Waals surface area contributed by atoms with Crippen LogP contribution in [-0.2, 0) is 0 Å². The molecule has 2 heteroatoms. The van der Waals surface area contributed by atoms with Crippen LogP contribution >= 0.6 is 0 Å². The molecule has 2 rings (SSSR count). The maximum atomic E-state index is 9.69. The molecule has 0 aliphatic heterocycles. The summed E-state index contributed by atoms with van der Waals surface area (Å²) < 4.78 is 0. The van der Waals surface area contributed by atoms with Gasteiger partial charge in [0.2, 0.25) is 0 Å². The fraction of sp³-hybridized carbons (Fsp3) is 1.00. The van der Waals surface area contributed by atoms with Crippen molar-refractivity contribution in [3.63, 3.8) is 0 Å². The summed E-state index contributed by atoms with van der Waals surface area (Å²) in [6.07, 6.45) is 13.5. The molecule has 0 bridgehead atoms. The van der Waals surface area contributed by atoms with E-state index in [2.05, 4.69) is 12.2 Å². The second-order valence-corrected chi connectivity index (χ2v) is 6.55. The quantitative estimate of drug-likeness (QED) is 0.722. The van der Waals surface area contributed by atoms with Crippen LogP contribution in [0.2, 0.25) is 0 Å². The number of aliphatic hydroxyl groups excluding tert-OH is 1. The number of nitrogens with one attached hydrogen (secondary N) is 1. The number of aliphatic hydroxyl groups is 1. The first-order valence-corrected chi connectivity index (χ1v) is 7.60. The van der Waals surface area contributed by atoms with E-state index in [1.54, 1.807) is 0 Å². The normalized spacial score (nSPS) is 27.2. The Kier molecular flexibility index (Phi) is 4.87. The van der Waals surface area contributed by atoms with Gasteiger partial charge in [0, 0.05) is 11.6 Å². The van der Waals surface area contributed by atoms with Crippen molar-refractivity contribution in [1.29, 1.82) is 0 Å². The van der Waals surface area contributed by atoms with Crippen molar-refractivity contribution in [3.8, 4) is 0 Å². The van der Waals surface area contributed by atoms with E-state index in [-0.39, 0.29) is 5.54 Å². The molecule has 2 fully saturated rings. The summed E-state index contributed by atoms with van der Waals surface area (Å²) in [5, 5.41) is 13.5. The molecular formula is C15H29NO. The second-order valence-electron chi connectivity index (χ2n) is 6.55. The first kappa shape index (κ1) is 13.4. The molecule has 1 atom stereocenters. The van der Waals surface area contributed by atoms with Crippen LogP contribution in [0.5, 0.6) is 0 Å². The molecule has 100 valence electrons. The third kappa shape index (κ3) is 3.96. The van der Waals surface area contributed by atoms with E-state index >= 15 is 0 Å². The van der Waals surface area contributed by atoms with Gasteiger partial charge in [-0.3, -0.25) is 0 Å². The largest absolute Gasteiger partial charge is 0.394 e. The van der Waals surface area contributed by atoms with E-state index in [1.165, 1.54) is 64.2 Å². The van der Waals surface area contributed by atoms with Gasteiger partial charge in [0.15, 0.2) is 0 Å². The van der Waals surface area contributed by atoms with Crippen LogP contribution in [0.4, 0.5) is 0 Å². The van der Waals surface area contributed by atoms with Crippen molar-refractivity contribution in [2.75, 3.05) is 6.61 Å². The SMILES string of the molecule is CC(CO)(CC1CCC1)NC1CCCCCC1. The zero-order chi connectivity index (χ0) is 12.1. The molecule has 0 aromatic heterocycles. The molecule has 0 amide bonds. The molecule has 17 heavy (non-hydrogen) atoms. The summed E-state index contributed by atoms with van der Waals surface area (Å²) in [6.45, 7) is 2.51. The van der Waals surface area contributed by atoms with Crippen LogP contribution in [0.3, 0.4) is 0 Å². The lowest BCUT2D eigenvalue weighted by Crippen LogP contribution is -2.52. The van der Waals surface area contributed by atoms with Gasteiger partial charge in [0.25, 0.3) is 0 Å². The maximum Gasteiger partial charge on any atom is 0.0610 e. The fourth-order valence-corrected chi connectivity index (χ4v) is 3.42. The Morgan fingerprint density at radius 3 is 2.12 bits per heavy atom. The molecule has 2 saturated carbocycles. The van der Waals surface area contributed by atoms with Gasteiger partial charge < -0.3 is 10.4 Å². The van der Waals surface area contributed by atoms with Gasteiger partial charge in [-0.1, -0.05) is 44.9 Å². The minimum absolute atomic E-state index is 0.0277. The molecule has 2 nitrogen and oxygen atoms in total. The molecular weight excluding hydrogens is 210 g/mol. The van der Waals surface area contributed by atoms with Crippen molar-refractivity contribution in [1.82, 2.24) is 5.32 Å². The van der Waals surface area contributed by atoms with E-state index in [9.17, 15) is 5.11 Å². The van der Waals surface area contributed by atoms with Crippen LogP contribution < -0.4 is 5.32 Å². The van der Waals surface area contributed by atoms with Crippen molar-refractivity contribution in [3.05, 3.63) is 0 Å². The molecule has 2 aliphatic carbocycles. The van der Waals surface area contributed by atoms with Crippen molar-refractivity contribution in [2.45, 2.75) is 82.7 Å². The molecule has 0 spiro atoms. The smallest absolute Gasteiger partial charge is 0.0610 e. The van der Waals surface area contributed by atoms with Gasteiger partial charge in [-0.2, -0.15) is 0 Å². The van der Waals surface area contributed by atoms with Gasteiger partial charge >= 0.3 is 0 Å². The Morgan fingerprint density at radius 2 is 1.65 bits per heavy atom. The Labute approximate surface area is 106 Å². The number of rotatable bonds is 5. The minimum Gasteiger partial charge on any atom is -0.394 e. The zero-order valence-electron chi connectivity index (χ0n) is 11.4. The highest BCUT2D eigenvalue weighted by atomic mass is 16.3. The van der Waals surface area contributed by atoms with Crippen molar-refractivity contribution >= 4 is 0 Å². The van der Waals surface area contributed by atoms with Crippen LogP contribution in [0, 0.1) is 5.92 Å². The summed E-state index contributed by atoms with van der Waals surface area (Å²) in [7, 11) is 0. The molecule has 2 N–H and O–H groups in total. The summed E-state index contributed by atoms with van der Waals surface area (Å²) >= 11 is 0. The van der Waals surface area contributed by atoms with Gasteiger partial charge in [0.05, 0.1) is 6.61 Å². The average Bonchev–Trinajstić information content (AvgIpc) is 2.52. The summed E-state index contributed by atoms with van der Waals surface area (Å²) in [5.41, 5.74) is -0.0277. The van der Waals surface area contributed by atoms with E-state index in [4.69, 9.17) is 0 Å². The first-order valence-electron chi connectivity index (χ1n) is 7.60. The van der Waals surface area contributed by atoms with Crippen LogP contribution in [0.15, 0.2) is 0 Å². The number of hydrogen-bond acceptors (Lipinski definition) is 2. The Bertz CT molecular complexity index is 219. The standard InChI is InChI=1S/C15H29NO/c1-15(12-17,11-13-7-6-8-13)16-14-9-4-2-3-5-10-14/h13-14,16-17H,2-12H2,1H3. The summed E-state index contributed by atoms with van der Waals surface area (Å²) in [5.74, 6) is 0.866. The summed E-state index contributed by atoms with van der Waals surface area (Å²) in [6, 6.07) is 0.648. The third-order valence-corrected chi connectivity index (χ3v) is 4.72. The van der Waals surface area contributed by atoms with E-state index in [0.717, 1.165) is 5.92 Å². The molecule has 0 aromatic rings. The lowest BCUT2D eigenvalue weighted by Gasteiger charge is -2.39. The third-order valence-electron chi connectivity index (χ3n) is 4.72. The Morgan fingerprint density at radius 1 is 1.00 bits per heavy atom.